The van der Waals surface area contributed by atoms with Crippen molar-refractivity contribution in [1.82, 2.24) is 4.90 Å². The van der Waals surface area contributed by atoms with Gasteiger partial charge in [0.15, 0.2) is 0 Å². The lowest BCUT2D eigenvalue weighted by molar-refractivity contribution is 0.0471. The van der Waals surface area contributed by atoms with Gasteiger partial charge in [0.2, 0.25) is 0 Å². The van der Waals surface area contributed by atoms with Crippen molar-refractivity contribution in [1.29, 1.82) is 0 Å². The third-order valence-corrected chi connectivity index (χ3v) is 5.54. The summed E-state index contributed by atoms with van der Waals surface area (Å²) in [5.74, 6) is 0.184. The van der Waals surface area contributed by atoms with Gasteiger partial charge in [-0.25, -0.2) is 4.39 Å². The van der Waals surface area contributed by atoms with E-state index in [0.717, 1.165) is 31.2 Å². The first-order chi connectivity index (χ1) is 11.8. The smallest absolute Gasteiger partial charge is 0.254 e. The summed E-state index contributed by atoms with van der Waals surface area (Å²) in [6.45, 7) is 8.94. The zero-order valence-corrected chi connectivity index (χ0v) is 16.4. The molecule has 0 N–H and O–H groups in total. The van der Waals surface area contributed by atoms with Crippen LogP contribution in [0.15, 0.2) is 18.2 Å². The van der Waals surface area contributed by atoms with Gasteiger partial charge in [-0.2, -0.15) is 0 Å². The van der Waals surface area contributed by atoms with Crippen molar-refractivity contribution >= 4 is 5.91 Å². The molecular weight excluding hydrogens is 313 g/mol. The van der Waals surface area contributed by atoms with Crippen LogP contribution < -0.4 is 0 Å². The molecule has 1 aromatic rings. The van der Waals surface area contributed by atoms with Gasteiger partial charge in [0, 0.05) is 18.7 Å². The predicted molar refractivity (Wildman–Crippen MR) is 103 cm³/mol. The van der Waals surface area contributed by atoms with Crippen molar-refractivity contribution in [3.63, 3.8) is 0 Å². The van der Waals surface area contributed by atoms with Crippen LogP contribution in [0.3, 0.4) is 0 Å². The summed E-state index contributed by atoms with van der Waals surface area (Å²) in [5.41, 5.74) is 2.08. The highest BCUT2D eigenvalue weighted by atomic mass is 19.1. The molecule has 140 valence electrons. The number of rotatable bonds is 7. The fraction of sp³-hybridized carbons (Fsp3) is 0.682. The molecule has 0 aliphatic carbocycles. The average molecular weight is 348 g/mol. The van der Waals surface area contributed by atoms with Crippen molar-refractivity contribution in [3.05, 3.63) is 34.9 Å². The molecule has 0 saturated carbocycles. The van der Waals surface area contributed by atoms with E-state index >= 15 is 0 Å². The summed E-state index contributed by atoms with van der Waals surface area (Å²) in [6.07, 6.45) is 7.31. The Labute approximate surface area is 152 Å². The largest absolute Gasteiger partial charge is 0.339 e. The van der Waals surface area contributed by atoms with Crippen LogP contribution in [-0.2, 0) is 6.42 Å². The fourth-order valence-electron chi connectivity index (χ4n) is 3.82. The number of likely N-dealkylation sites (tertiary alicyclic amines) is 1. The molecule has 1 heterocycles. The second-order valence-corrected chi connectivity index (χ2v) is 8.10. The minimum absolute atomic E-state index is 0.0584. The summed E-state index contributed by atoms with van der Waals surface area (Å²) < 4.78 is 14.1. The molecule has 1 amide bonds. The number of halogens is 1. The molecule has 0 atom stereocenters. The Morgan fingerprint density at radius 3 is 2.48 bits per heavy atom. The molecule has 0 radical (unpaired) electrons. The van der Waals surface area contributed by atoms with Crippen LogP contribution in [-0.4, -0.2) is 29.6 Å². The second kappa shape index (κ2) is 8.82. The quantitative estimate of drug-likeness (QED) is 0.578. The van der Waals surface area contributed by atoms with Gasteiger partial charge in [0.1, 0.15) is 5.67 Å². The summed E-state index contributed by atoms with van der Waals surface area (Å²) >= 11 is 0. The second-order valence-electron chi connectivity index (χ2n) is 8.10. The van der Waals surface area contributed by atoms with E-state index in [-0.39, 0.29) is 11.8 Å². The zero-order valence-electron chi connectivity index (χ0n) is 16.4. The number of nitrogens with zero attached hydrogens (tertiary/aromatic N) is 1. The number of amides is 1. The molecule has 1 aliphatic heterocycles. The highest BCUT2D eigenvalue weighted by Gasteiger charge is 2.34. The van der Waals surface area contributed by atoms with E-state index in [2.05, 4.69) is 19.9 Å². The normalized spacial score (nSPS) is 16.3. The lowest BCUT2D eigenvalue weighted by atomic mass is 9.84. The number of hydrogen-bond acceptors (Lipinski definition) is 1. The number of piperidine rings is 1. The minimum Gasteiger partial charge on any atom is -0.339 e. The average Bonchev–Trinajstić information content (AvgIpc) is 2.58. The molecule has 1 aromatic carbocycles. The maximum Gasteiger partial charge on any atom is 0.254 e. The van der Waals surface area contributed by atoms with Gasteiger partial charge in [-0.3, -0.25) is 4.79 Å². The summed E-state index contributed by atoms with van der Waals surface area (Å²) in [4.78, 5) is 14.9. The Hall–Kier alpha value is -1.38. The minimum atomic E-state index is -1.15. The molecular formula is C22H34FNO. The van der Waals surface area contributed by atoms with Gasteiger partial charge in [0.25, 0.3) is 5.91 Å². The van der Waals surface area contributed by atoms with E-state index in [0.29, 0.717) is 13.1 Å². The first-order valence-electron chi connectivity index (χ1n) is 9.90. The van der Waals surface area contributed by atoms with Crippen LogP contribution in [0, 0.1) is 12.8 Å². The van der Waals surface area contributed by atoms with Crippen LogP contribution >= 0.6 is 0 Å². The molecule has 0 spiro atoms. The van der Waals surface area contributed by atoms with Crippen LogP contribution in [0.2, 0.25) is 0 Å². The molecule has 1 aliphatic rings. The van der Waals surface area contributed by atoms with Gasteiger partial charge >= 0.3 is 0 Å². The molecule has 1 fully saturated rings. The third kappa shape index (κ3) is 5.55. The summed E-state index contributed by atoms with van der Waals surface area (Å²) in [6, 6.07) is 6.18. The molecule has 0 aromatic heterocycles. The van der Waals surface area contributed by atoms with Crippen LogP contribution in [0.4, 0.5) is 4.39 Å². The SMILES string of the molecule is CCCCCCc1cc(C)ccc1C(=O)N1CCC(C(C)(C)F)CC1. The van der Waals surface area contributed by atoms with Crippen molar-refractivity contribution in [2.75, 3.05) is 13.1 Å². The standard InChI is InChI=1S/C22H34FNO/c1-5-6-7-8-9-18-16-17(2)10-11-20(18)21(25)24-14-12-19(13-15-24)22(3,4)23/h10-11,16,19H,5-9,12-15H2,1-4H3. The van der Waals surface area contributed by atoms with E-state index in [9.17, 15) is 9.18 Å². The Morgan fingerprint density at radius 2 is 1.88 bits per heavy atom. The first kappa shape index (κ1) is 19.9. The molecule has 0 unspecified atom stereocenters. The lowest BCUT2D eigenvalue weighted by Gasteiger charge is -2.36. The topological polar surface area (TPSA) is 20.3 Å². The highest BCUT2D eigenvalue weighted by Crippen LogP contribution is 2.31. The number of benzene rings is 1. The summed E-state index contributed by atoms with van der Waals surface area (Å²) in [7, 11) is 0. The van der Waals surface area contributed by atoms with Crippen molar-refractivity contribution in [3.8, 4) is 0 Å². The van der Waals surface area contributed by atoms with Gasteiger partial charge in [-0.15, -0.1) is 0 Å². The number of carbonyl (C=O) groups excluding carboxylic acids is 1. The highest BCUT2D eigenvalue weighted by molar-refractivity contribution is 5.95. The Morgan fingerprint density at radius 1 is 1.20 bits per heavy atom. The Balaban J connectivity index is 2.04. The van der Waals surface area contributed by atoms with E-state index in [1.165, 1.54) is 30.4 Å². The lowest BCUT2D eigenvalue weighted by Crippen LogP contribution is -2.43. The maximum absolute atomic E-state index is 14.1. The number of unbranched alkanes of at least 4 members (excludes halogenated alkanes) is 3. The van der Waals surface area contributed by atoms with Gasteiger partial charge in [-0.1, -0.05) is 43.9 Å². The Bertz CT molecular complexity index is 568. The van der Waals surface area contributed by atoms with E-state index < -0.39 is 5.67 Å². The zero-order chi connectivity index (χ0) is 18.4. The van der Waals surface area contributed by atoms with Gasteiger partial charge in [0.05, 0.1) is 0 Å². The number of hydrogen-bond donors (Lipinski definition) is 0. The molecule has 2 rings (SSSR count). The van der Waals surface area contributed by atoms with Crippen molar-refractivity contribution in [2.24, 2.45) is 5.92 Å². The molecule has 1 saturated heterocycles. The van der Waals surface area contributed by atoms with Gasteiger partial charge in [-0.05, 0) is 64.0 Å². The van der Waals surface area contributed by atoms with Crippen LogP contribution in [0.25, 0.3) is 0 Å². The Kier molecular flexibility index (Phi) is 7.04. The number of alkyl halides is 1. The van der Waals surface area contributed by atoms with E-state index in [4.69, 9.17) is 0 Å². The molecule has 25 heavy (non-hydrogen) atoms. The number of carbonyl (C=O) groups is 1. The predicted octanol–water partition coefficient (Wildman–Crippen LogP) is 5.72. The first-order valence-corrected chi connectivity index (χ1v) is 9.90. The molecule has 2 nitrogen and oxygen atoms in total. The molecule has 3 heteroatoms. The van der Waals surface area contributed by atoms with Crippen LogP contribution in [0.1, 0.15) is 80.8 Å². The maximum atomic E-state index is 14.1. The van der Waals surface area contributed by atoms with Crippen LogP contribution in [0.5, 0.6) is 0 Å². The summed E-state index contributed by atoms with van der Waals surface area (Å²) in [5, 5.41) is 0. The monoisotopic (exact) mass is 347 g/mol. The molecule has 0 bridgehead atoms. The van der Waals surface area contributed by atoms with Crippen molar-refractivity contribution < 1.29 is 9.18 Å². The van der Waals surface area contributed by atoms with Crippen molar-refractivity contribution in [2.45, 2.75) is 78.3 Å². The van der Waals surface area contributed by atoms with E-state index in [1.807, 2.05) is 17.0 Å². The fourth-order valence-corrected chi connectivity index (χ4v) is 3.82. The van der Waals surface area contributed by atoms with E-state index in [1.54, 1.807) is 13.8 Å². The number of aryl methyl sites for hydroxylation is 2. The van der Waals surface area contributed by atoms with Gasteiger partial charge < -0.3 is 4.90 Å². The third-order valence-electron chi connectivity index (χ3n) is 5.54.